The first-order valence-corrected chi connectivity index (χ1v) is 13.0. The van der Waals surface area contributed by atoms with E-state index in [9.17, 15) is 23.2 Å². The Bertz CT molecular complexity index is 1780. The molecular formula is C26H19ClF2N8O3S. The lowest BCUT2D eigenvalue weighted by atomic mass is 10.0. The van der Waals surface area contributed by atoms with E-state index < -0.39 is 35.4 Å². The Balaban J connectivity index is 1.58. The number of aromatic nitrogens is 3. The lowest BCUT2D eigenvalue weighted by Crippen LogP contribution is -2.41. The van der Waals surface area contributed by atoms with E-state index in [-0.39, 0.29) is 57.8 Å². The van der Waals surface area contributed by atoms with Gasteiger partial charge in [0.15, 0.2) is 5.82 Å². The minimum atomic E-state index is -1.11. The predicted molar refractivity (Wildman–Crippen MR) is 149 cm³/mol. The van der Waals surface area contributed by atoms with Crippen LogP contribution in [0.3, 0.4) is 0 Å². The van der Waals surface area contributed by atoms with Gasteiger partial charge in [-0.05, 0) is 60.1 Å². The molecule has 3 amide bonds. The zero-order valence-corrected chi connectivity index (χ0v) is 22.4. The molecule has 0 fully saturated rings. The first kappa shape index (κ1) is 27.7. The second-order valence-electron chi connectivity index (χ2n) is 8.78. The molecule has 0 bridgehead atoms. The van der Waals surface area contributed by atoms with Gasteiger partial charge in [0.1, 0.15) is 23.9 Å². The van der Waals surface area contributed by atoms with Gasteiger partial charge in [-0.15, -0.1) is 0 Å². The number of rotatable bonds is 8. The standard InChI is InChI=1S/C26H19ClF2N8O3S/c27-17-5-3-12(28)8-15(17)20-22-23(35-25(39)21-16-9-13(29)4-6-18(16)41-36-21)34-24(37(22)11-19(38)33-20)26(40)32-10-14(31)2-1-7-30/h1-9,20,30-31H,10-11H2,(H,32,40)(H,33,38)(H,35,39)/b2-1-,30-7?,31-14?. The monoisotopic (exact) mass is 596 g/mol. The molecule has 0 radical (unpaired) electrons. The van der Waals surface area contributed by atoms with Crippen LogP contribution in [-0.4, -0.2) is 50.1 Å². The number of carbonyl (C=O) groups excluding carboxylic acids is 3. The Kier molecular flexibility index (Phi) is 7.68. The van der Waals surface area contributed by atoms with Crippen molar-refractivity contribution >= 4 is 68.7 Å². The summed E-state index contributed by atoms with van der Waals surface area (Å²) in [7, 11) is 0. The molecule has 1 aliphatic rings. The number of carbonyl (C=O) groups is 3. The fourth-order valence-corrected chi connectivity index (χ4v) is 5.26. The number of hydrogen-bond donors (Lipinski definition) is 5. The van der Waals surface area contributed by atoms with Gasteiger partial charge in [0, 0.05) is 22.2 Å². The van der Waals surface area contributed by atoms with E-state index in [1.807, 2.05) is 0 Å². The van der Waals surface area contributed by atoms with E-state index in [0.717, 1.165) is 29.9 Å². The number of benzene rings is 2. The highest BCUT2D eigenvalue weighted by Crippen LogP contribution is 2.36. The molecule has 4 aromatic rings. The van der Waals surface area contributed by atoms with Crippen LogP contribution in [0.5, 0.6) is 0 Å². The summed E-state index contributed by atoms with van der Waals surface area (Å²) < 4.78 is 34.1. The van der Waals surface area contributed by atoms with Crippen LogP contribution < -0.4 is 16.0 Å². The number of nitrogens with one attached hydrogen (secondary N) is 5. The fourth-order valence-electron chi connectivity index (χ4n) is 4.28. The third kappa shape index (κ3) is 5.60. The molecule has 1 aliphatic heterocycles. The number of allylic oxidation sites excluding steroid dienone is 1. The van der Waals surface area contributed by atoms with Gasteiger partial charge in [0.2, 0.25) is 11.7 Å². The normalized spacial score (nSPS) is 14.5. The van der Waals surface area contributed by atoms with Crippen molar-refractivity contribution < 1.29 is 23.2 Å². The summed E-state index contributed by atoms with van der Waals surface area (Å²) in [6, 6.07) is 6.37. The molecule has 0 saturated carbocycles. The summed E-state index contributed by atoms with van der Waals surface area (Å²) in [5.41, 5.74) is 0.206. The third-order valence-electron chi connectivity index (χ3n) is 6.07. The average molecular weight is 597 g/mol. The molecule has 11 nitrogen and oxygen atoms in total. The van der Waals surface area contributed by atoms with Gasteiger partial charge in [0.25, 0.3) is 11.8 Å². The summed E-state index contributed by atoms with van der Waals surface area (Å²) in [6.07, 6.45) is 3.61. The van der Waals surface area contributed by atoms with Crippen LogP contribution in [0, 0.1) is 22.5 Å². The molecule has 2 aromatic carbocycles. The Morgan fingerprint density at radius 1 is 1.20 bits per heavy atom. The van der Waals surface area contributed by atoms with Crippen LogP contribution in [0.4, 0.5) is 14.6 Å². The summed E-state index contributed by atoms with van der Waals surface area (Å²) in [6.45, 7) is -0.574. The lowest BCUT2D eigenvalue weighted by Gasteiger charge is -2.28. The van der Waals surface area contributed by atoms with E-state index >= 15 is 0 Å². The molecule has 0 aliphatic carbocycles. The highest BCUT2D eigenvalue weighted by Gasteiger charge is 2.36. The molecule has 41 heavy (non-hydrogen) atoms. The highest BCUT2D eigenvalue weighted by atomic mass is 35.5. The number of amides is 3. The van der Waals surface area contributed by atoms with E-state index in [1.165, 1.54) is 41.0 Å². The average Bonchev–Trinajstić information content (AvgIpc) is 3.52. The molecule has 208 valence electrons. The van der Waals surface area contributed by atoms with E-state index in [4.69, 9.17) is 22.4 Å². The Hall–Kier alpha value is -4.82. The van der Waals surface area contributed by atoms with Gasteiger partial charge in [-0.25, -0.2) is 13.8 Å². The molecule has 5 rings (SSSR count). The number of anilines is 1. The maximum Gasteiger partial charge on any atom is 0.287 e. The second kappa shape index (κ2) is 11.3. The van der Waals surface area contributed by atoms with Gasteiger partial charge in [-0.3, -0.25) is 14.4 Å². The van der Waals surface area contributed by atoms with Crippen molar-refractivity contribution in [2.24, 2.45) is 0 Å². The minimum Gasteiger partial charge on any atom is -0.344 e. The van der Waals surface area contributed by atoms with Gasteiger partial charge < -0.3 is 31.3 Å². The summed E-state index contributed by atoms with van der Waals surface area (Å²) >= 11 is 7.35. The highest BCUT2D eigenvalue weighted by molar-refractivity contribution is 7.13. The van der Waals surface area contributed by atoms with Crippen LogP contribution in [0.15, 0.2) is 48.6 Å². The summed E-state index contributed by atoms with van der Waals surface area (Å²) in [4.78, 5) is 43.6. The largest absolute Gasteiger partial charge is 0.344 e. The zero-order chi connectivity index (χ0) is 29.3. The van der Waals surface area contributed by atoms with Crippen LogP contribution in [0.1, 0.15) is 38.4 Å². The maximum absolute atomic E-state index is 14.2. The van der Waals surface area contributed by atoms with Crippen molar-refractivity contribution in [2.75, 3.05) is 11.9 Å². The van der Waals surface area contributed by atoms with Crippen molar-refractivity contribution in [3.05, 3.63) is 88.0 Å². The molecule has 15 heteroatoms. The number of halogens is 3. The molecule has 5 N–H and O–H groups in total. The lowest BCUT2D eigenvalue weighted by molar-refractivity contribution is -0.123. The van der Waals surface area contributed by atoms with E-state index in [2.05, 4.69) is 25.3 Å². The summed E-state index contributed by atoms with van der Waals surface area (Å²) in [5.74, 6) is -3.65. The van der Waals surface area contributed by atoms with Gasteiger partial charge in [-0.2, -0.15) is 4.37 Å². The Labute approximate surface area is 239 Å². The van der Waals surface area contributed by atoms with Crippen molar-refractivity contribution in [1.82, 2.24) is 24.6 Å². The van der Waals surface area contributed by atoms with Gasteiger partial charge in [0.05, 0.1) is 28.7 Å². The molecule has 1 unspecified atom stereocenters. The van der Waals surface area contributed by atoms with Crippen molar-refractivity contribution in [1.29, 1.82) is 10.8 Å². The molecule has 2 aromatic heterocycles. The molecule has 3 heterocycles. The molecule has 0 spiro atoms. The molecule has 1 atom stereocenters. The Morgan fingerprint density at radius 2 is 1.95 bits per heavy atom. The molecular weight excluding hydrogens is 578 g/mol. The number of nitrogens with zero attached hydrogens (tertiary/aromatic N) is 3. The summed E-state index contributed by atoms with van der Waals surface area (Å²) in [5, 5.41) is 23.1. The van der Waals surface area contributed by atoms with Crippen molar-refractivity contribution in [2.45, 2.75) is 12.6 Å². The van der Waals surface area contributed by atoms with Gasteiger partial charge >= 0.3 is 0 Å². The predicted octanol–water partition coefficient (Wildman–Crippen LogP) is 3.85. The smallest absolute Gasteiger partial charge is 0.287 e. The Morgan fingerprint density at radius 3 is 2.73 bits per heavy atom. The minimum absolute atomic E-state index is 0.00870. The first-order chi connectivity index (χ1) is 19.7. The topological polar surface area (TPSA) is 166 Å². The van der Waals surface area contributed by atoms with Crippen LogP contribution >= 0.6 is 23.1 Å². The van der Waals surface area contributed by atoms with E-state index in [1.54, 1.807) is 0 Å². The van der Waals surface area contributed by atoms with Crippen LogP contribution in [-0.2, 0) is 11.3 Å². The van der Waals surface area contributed by atoms with Crippen LogP contribution in [0.25, 0.3) is 10.1 Å². The van der Waals surface area contributed by atoms with Crippen molar-refractivity contribution in [3.63, 3.8) is 0 Å². The number of imidazole rings is 1. The number of fused-ring (bicyclic) bond motifs is 2. The molecule has 0 saturated heterocycles. The first-order valence-electron chi connectivity index (χ1n) is 11.9. The van der Waals surface area contributed by atoms with Gasteiger partial charge in [-0.1, -0.05) is 11.6 Å². The van der Waals surface area contributed by atoms with E-state index in [0.29, 0.717) is 4.70 Å². The SMILES string of the molecule is N=C/C=C\C(=N)CNC(=O)c1nc(NC(=O)c2nsc3ccc(F)cc23)c2n1CC(=O)NC2c1cc(F)ccc1Cl. The maximum atomic E-state index is 14.2. The third-order valence-corrected chi connectivity index (χ3v) is 7.24. The quantitative estimate of drug-likeness (QED) is 0.195. The van der Waals surface area contributed by atoms with Crippen LogP contribution in [0.2, 0.25) is 5.02 Å². The fraction of sp³-hybridized carbons (Fsp3) is 0.115. The van der Waals surface area contributed by atoms with Crippen molar-refractivity contribution in [3.8, 4) is 0 Å². The second-order valence-corrected chi connectivity index (χ2v) is 9.99. The number of hydrogen-bond acceptors (Lipinski definition) is 8. The zero-order valence-electron chi connectivity index (χ0n) is 20.8.